The molecule has 4 unspecified atom stereocenters. The molecule has 1 aromatic rings. The number of hydrogen-bond acceptors (Lipinski definition) is 3. The minimum absolute atomic E-state index is 0.114. The van der Waals surface area contributed by atoms with Crippen molar-refractivity contribution >= 4 is 17.4 Å². The van der Waals surface area contributed by atoms with Gasteiger partial charge in [0.15, 0.2) is 0 Å². The molecule has 4 aliphatic rings. The molecule has 2 heterocycles. The van der Waals surface area contributed by atoms with Crippen LogP contribution in [0.15, 0.2) is 29.3 Å². The highest BCUT2D eigenvalue weighted by atomic mass is 35.5. The van der Waals surface area contributed by atoms with Gasteiger partial charge in [-0.25, -0.2) is 0 Å². The predicted octanol–water partition coefficient (Wildman–Crippen LogP) is 4.24. The van der Waals surface area contributed by atoms with Gasteiger partial charge in [0.25, 0.3) is 0 Å². The molecule has 0 radical (unpaired) electrons. The number of halogens is 1. The number of amidine groups is 1. The molecule has 1 N–H and O–H groups in total. The minimum atomic E-state index is -0.114. The molecule has 2 aliphatic carbocycles. The quantitative estimate of drug-likeness (QED) is 0.815. The number of benzene rings is 1. The zero-order chi connectivity index (χ0) is 17.0. The predicted molar refractivity (Wildman–Crippen MR) is 101 cm³/mol. The molecule has 2 aliphatic heterocycles. The highest BCUT2D eigenvalue weighted by molar-refractivity contribution is 6.30. The molecule has 2 bridgehead atoms. The Morgan fingerprint density at radius 3 is 2.60 bits per heavy atom. The average molecular weight is 359 g/mol. The smallest absolute Gasteiger partial charge is 0.0997 e. The van der Waals surface area contributed by atoms with Crippen LogP contribution in [-0.2, 0) is 0 Å². The maximum Gasteiger partial charge on any atom is 0.0997 e. The van der Waals surface area contributed by atoms with Gasteiger partial charge in [0.2, 0.25) is 0 Å². The molecular weight excluding hydrogens is 332 g/mol. The van der Waals surface area contributed by atoms with Crippen molar-refractivity contribution in [2.24, 2.45) is 16.8 Å². The third kappa shape index (κ3) is 2.54. The fourth-order valence-electron chi connectivity index (χ4n) is 6.20. The zero-order valence-electron chi connectivity index (χ0n) is 14.7. The number of aliphatic imine (C=N–C) groups is 1. The standard InChI is InChI=1S/C21H27ClN2O/c22-17-5-2-14(3-6-17)20-15-1-4-16(13-15)21(20)10-7-19(23-21)24-11-8-18(25)9-12-24/h2-3,5-6,15-16,18,20,25H,1,4,7-13H2. The van der Waals surface area contributed by atoms with Crippen molar-refractivity contribution in [3.8, 4) is 0 Å². The average Bonchev–Trinajstić information content (AvgIpc) is 3.32. The lowest BCUT2D eigenvalue weighted by atomic mass is 9.69. The molecular formula is C21H27ClN2O. The summed E-state index contributed by atoms with van der Waals surface area (Å²) in [6.45, 7) is 1.94. The first kappa shape index (κ1) is 16.1. The second kappa shape index (κ2) is 5.99. The topological polar surface area (TPSA) is 35.8 Å². The van der Waals surface area contributed by atoms with E-state index in [0.29, 0.717) is 5.92 Å². The molecule has 3 nitrogen and oxygen atoms in total. The lowest BCUT2D eigenvalue weighted by molar-refractivity contribution is 0.108. The van der Waals surface area contributed by atoms with Gasteiger partial charge in [0.1, 0.15) is 0 Å². The fourth-order valence-corrected chi connectivity index (χ4v) is 6.33. The normalized spacial score (nSPS) is 37.9. The maximum absolute atomic E-state index is 9.80. The highest BCUT2D eigenvalue weighted by Gasteiger charge is 2.60. The summed E-state index contributed by atoms with van der Waals surface area (Å²) in [5.74, 6) is 3.43. The second-order valence-corrected chi connectivity index (χ2v) is 8.97. The highest BCUT2D eigenvalue weighted by Crippen LogP contribution is 2.63. The van der Waals surface area contributed by atoms with Crippen LogP contribution in [0.2, 0.25) is 5.02 Å². The SMILES string of the molecule is OC1CCN(C2=NC3(CC2)C2CCC(C2)C3c2ccc(Cl)cc2)CC1. The summed E-state index contributed by atoms with van der Waals surface area (Å²) >= 11 is 6.13. The van der Waals surface area contributed by atoms with Gasteiger partial charge in [-0.2, -0.15) is 0 Å². The van der Waals surface area contributed by atoms with Crippen molar-refractivity contribution in [3.05, 3.63) is 34.9 Å². The van der Waals surface area contributed by atoms with Gasteiger partial charge >= 0.3 is 0 Å². The summed E-state index contributed by atoms with van der Waals surface area (Å²) in [5.41, 5.74) is 1.57. The van der Waals surface area contributed by atoms with Crippen LogP contribution in [0.1, 0.15) is 56.4 Å². The van der Waals surface area contributed by atoms with Crippen LogP contribution in [0.25, 0.3) is 0 Å². The van der Waals surface area contributed by atoms with Crippen LogP contribution in [0.3, 0.4) is 0 Å². The first-order chi connectivity index (χ1) is 12.2. The summed E-state index contributed by atoms with van der Waals surface area (Å²) in [6, 6.07) is 8.56. The van der Waals surface area contributed by atoms with E-state index in [9.17, 15) is 5.11 Å². The van der Waals surface area contributed by atoms with Crippen LogP contribution in [0.5, 0.6) is 0 Å². The van der Waals surface area contributed by atoms with Crippen LogP contribution >= 0.6 is 11.6 Å². The molecule has 2 saturated carbocycles. The van der Waals surface area contributed by atoms with E-state index in [2.05, 4.69) is 17.0 Å². The van der Waals surface area contributed by atoms with E-state index in [4.69, 9.17) is 16.6 Å². The summed E-state index contributed by atoms with van der Waals surface area (Å²) in [6.07, 6.45) is 8.04. The summed E-state index contributed by atoms with van der Waals surface area (Å²) in [4.78, 5) is 7.91. The molecule has 5 rings (SSSR count). The van der Waals surface area contributed by atoms with E-state index in [1.165, 1.54) is 37.1 Å². The molecule has 3 fully saturated rings. The number of hydrogen-bond donors (Lipinski definition) is 1. The van der Waals surface area contributed by atoms with E-state index in [-0.39, 0.29) is 11.6 Å². The van der Waals surface area contributed by atoms with Gasteiger partial charge < -0.3 is 10.0 Å². The van der Waals surface area contributed by atoms with E-state index in [1.54, 1.807) is 0 Å². The molecule has 134 valence electrons. The third-order valence-corrected chi connectivity index (χ3v) is 7.59. The van der Waals surface area contributed by atoms with Crippen LogP contribution in [0, 0.1) is 11.8 Å². The molecule has 1 aromatic carbocycles. The fraction of sp³-hybridized carbons (Fsp3) is 0.667. The lowest BCUT2D eigenvalue weighted by Gasteiger charge is -2.39. The van der Waals surface area contributed by atoms with Crippen molar-refractivity contribution in [2.75, 3.05) is 13.1 Å². The number of piperidine rings is 1. The Bertz CT molecular complexity index is 680. The van der Waals surface area contributed by atoms with E-state index < -0.39 is 0 Å². The van der Waals surface area contributed by atoms with Gasteiger partial charge in [-0.05, 0) is 68.1 Å². The Morgan fingerprint density at radius 2 is 1.84 bits per heavy atom. The Morgan fingerprint density at radius 1 is 1.08 bits per heavy atom. The number of aliphatic hydroxyl groups is 1. The third-order valence-electron chi connectivity index (χ3n) is 7.34. The Kier molecular flexibility index (Phi) is 3.87. The molecule has 4 atom stereocenters. The van der Waals surface area contributed by atoms with Gasteiger partial charge in [-0.1, -0.05) is 23.7 Å². The molecule has 0 amide bonds. The van der Waals surface area contributed by atoms with E-state index in [1.807, 2.05) is 12.1 Å². The van der Waals surface area contributed by atoms with Crippen molar-refractivity contribution in [1.82, 2.24) is 4.90 Å². The van der Waals surface area contributed by atoms with E-state index >= 15 is 0 Å². The zero-order valence-corrected chi connectivity index (χ0v) is 15.5. The number of aliphatic hydroxyl groups excluding tert-OH is 1. The molecule has 25 heavy (non-hydrogen) atoms. The van der Waals surface area contributed by atoms with E-state index in [0.717, 1.165) is 49.2 Å². The molecule has 0 aromatic heterocycles. The van der Waals surface area contributed by atoms with Crippen molar-refractivity contribution in [3.63, 3.8) is 0 Å². The van der Waals surface area contributed by atoms with Gasteiger partial charge in [-0.3, -0.25) is 4.99 Å². The Labute approximate surface area is 155 Å². The first-order valence-electron chi connectivity index (χ1n) is 9.93. The van der Waals surface area contributed by atoms with Crippen LogP contribution in [0.4, 0.5) is 0 Å². The lowest BCUT2D eigenvalue weighted by Crippen LogP contribution is -2.40. The van der Waals surface area contributed by atoms with Gasteiger partial charge in [0.05, 0.1) is 17.5 Å². The summed E-state index contributed by atoms with van der Waals surface area (Å²) in [7, 11) is 0. The van der Waals surface area contributed by atoms with Crippen LogP contribution in [-0.4, -0.2) is 40.6 Å². The first-order valence-corrected chi connectivity index (χ1v) is 10.3. The van der Waals surface area contributed by atoms with Gasteiger partial charge in [-0.15, -0.1) is 0 Å². The molecule has 4 heteroatoms. The number of likely N-dealkylation sites (tertiary alicyclic amines) is 1. The van der Waals surface area contributed by atoms with Crippen molar-refractivity contribution in [2.45, 2.75) is 62.5 Å². The van der Waals surface area contributed by atoms with Crippen molar-refractivity contribution in [1.29, 1.82) is 0 Å². The molecule has 1 spiro atoms. The second-order valence-electron chi connectivity index (χ2n) is 8.54. The van der Waals surface area contributed by atoms with Gasteiger partial charge in [0, 0.05) is 30.5 Å². The van der Waals surface area contributed by atoms with Crippen LogP contribution < -0.4 is 0 Å². The summed E-state index contributed by atoms with van der Waals surface area (Å²) in [5, 5.41) is 10.6. The molecule has 1 saturated heterocycles. The maximum atomic E-state index is 9.80. The Balaban J connectivity index is 1.47. The van der Waals surface area contributed by atoms with Crippen molar-refractivity contribution < 1.29 is 5.11 Å². The number of rotatable bonds is 1. The summed E-state index contributed by atoms with van der Waals surface area (Å²) < 4.78 is 0. The number of nitrogens with zero attached hydrogens (tertiary/aromatic N) is 2. The Hall–Kier alpha value is -1.06. The largest absolute Gasteiger partial charge is 0.393 e. The minimum Gasteiger partial charge on any atom is -0.393 e. The monoisotopic (exact) mass is 358 g/mol. The number of fused-ring (bicyclic) bond motifs is 3.